The standard InChI is InChI=1S/C25H52N/c1-5-6-7-8-9-10-11-12-13-14-15-16-17-18-19-20-21-22-23-24-25-26(2,3)4/h24-25H,5-23H2,1-4H3/q+1. The summed E-state index contributed by atoms with van der Waals surface area (Å²) in [4.78, 5) is 0. The Morgan fingerprint density at radius 1 is 0.462 bits per heavy atom. The molecule has 156 valence electrons. The summed E-state index contributed by atoms with van der Waals surface area (Å²) in [5.74, 6) is 0. The molecule has 1 heteroatoms. The maximum Gasteiger partial charge on any atom is 0.0911 e. The van der Waals surface area contributed by atoms with Crippen molar-refractivity contribution in [1.82, 2.24) is 0 Å². The smallest absolute Gasteiger partial charge is 0.0911 e. The molecule has 0 atom stereocenters. The van der Waals surface area contributed by atoms with Gasteiger partial charge in [0, 0.05) is 0 Å². The lowest BCUT2D eigenvalue weighted by atomic mass is 10.0. The van der Waals surface area contributed by atoms with Crippen LogP contribution in [0.15, 0.2) is 12.3 Å². The van der Waals surface area contributed by atoms with Crippen LogP contribution in [0.25, 0.3) is 0 Å². The SMILES string of the molecule is CCCCCCCCCCCCCCCCCCCCC=C[N+](C)(C)C. The summed E-state index contributed by atoms with van der Waals surface area (Å²) in [6.45, 7) is 2.30. The summed E-state index contributed by atoms with van der Waals surface area (Å²) in [6, 6.07) is 0. The van der Waals surface area contributed by atoms with Crippen LogP contribution in [0.1, 0.15) is 129 Å². The molecule has 0 saturated heterocycles. The molecule has 0 saturated carbocycles. The van der Waals surface area contributed by atoms with Crippen molar-refractivity contribution < 1.29 is 4.48 Å². The van der Waals surface area contributed by atoms with Gasteiger partial charge in [0.15, 0.2) is 0 Å². The van der Waals surface area contributed by atoms with Gasteiger partial charge >= 0.3 is 0 Å². The lowest BCUT2D eigenvalue weighted by Gasteiger charge is -2.17. The third-order valence-electron chi connectivity index (χ3n) is 5.28. The van der Waals surface area contributed by atoms with Crippen LogP contribution in [-0.4, -0.2) is 25.6 Å². The molecule has 0 fully saturated rings. The molecule has 0 aromatic heterocycles. The van der Waals surface area contributed by atoms with Gasteiger partial charge in [0.25, 0.3) is 0 Å². The van der Waals surface area contributed by atoms with Crippen molar-refractivity contribution in [3.05, 3.63) is 12.3 Å². The Kier molecular flexibility index (Phi) is 19.2. The van der Waals surface area contributed by atoms with Crippen LogP contribution in [0.4, 0.5) is 0 Å². The van der Waals surface area contributed by atoms with E-state index in [0.29, 0.717) is 0 Å². The monoisotopic (exact) mass is 366 g/mol. The van der Waals surface area contributed by atoms with Gasteiger partial charge in [0.1, 0.15) is 0 Å². The molecule has 0 spiro atoms. The Labute approximate surface area is 167 Å². The highest BCUT2D eigenvalue weighted by molar-refractivity contribution is 4.73. The highest BCUT2D eigenvalue weighted by Crippen LogP contribution is 2.14. The molecule has 0 aromatic carbocycles. The molecule has 0 aliphatic rings. The van der Waals surface area contributed by atoms with Crippen molar-refractivity contribution >= 4 is 0 Å². The van der Waals surface area contributed by atoms with Gasteiger partial charge in [-0.3, -0.25) is 0 Å². The predicted octanol–water partition coefficient (Wildman–Crippen LogP) is 8.64. The fraction of sp³-hybridized carbons (Fsp3) is 0.920. The third-order valence-corrected chi connectivity index (χ3v) is 5.28. The van der Waals surface area contributed by atoms with E-state index in [1.54, 1.807) is 0 Å². The predicted molar refractivity (Wildman–Crippen MR) is 121 cm³/mol. The quantitative estimate of drug-likeness (QED) is 0.149. The number of nitrogens with zero attached hydrogens (tertiary/aromatic N) is 1. The van der Waals surface area contributed by atoms with Crippen LogP contribution >= 0.6 is 0 Å². The highest BCUT2D eigenvalue weighted by atomic mass is 15.3. The van der Waals surface area contributed by atoms with E-state index in [9.17, 15) is 0 Å². The molecule has 0 aliphatic heterocycles. The maximum atomic E-state index is 2.35. The summed E-state index contributed by atoms with van der Waals surface area (Å²) in [7, 11) is 6.64. The van der Waals surface area contributed by atoms with E-state index in [1.165, 1.54) is 122 Å². The number of hydrogen-bond donors (Lipinski definition) is 0. The first-order valence-corrected chi connectivity index (χ1v) is 12.0. The van der Waals surface area contributed by atoms with Gasteiger partial charge in [0.2, 0.25) is 0 Å². The zero-order valence-corrected chi connectivity index (χ0v) is 19.0. The zero-order valence-electron chi connectivity index (χ0n) is 19.0. The molecule has 0 unspecified atom stereocenters. The second kappa shape index (κ2) is 19.5. The van der Waals surface area contributed by atoms with Crippen molar-refractivity contribution in [3.63, 3.8) is 0 Å². The summed E-state index contributed by atoms with van der Waals surface area (Å²) in [5, 5.41) is 0. The highest BCUT2D eigenvalue weighted by Gasteiger charge is 1.98. The molecule has 1 nitrogen and oxygen atoms in total. The Hall–Kier alpha value is -0.300. The minimum absolute atomic E-state index is 0.943. The molecule has 0 radical (unpaired) electrons. The normalized spacial score (nSPS) is 12.3. The Balaban J connectivity index is 3.06. The first-order chi connectivity index (χ1) is 12.6. The molecule has 0 N–H and O–H groups in total. The minimum atomic E-state index is 0.943. The fourth-order valence-corrected chi connectivity index (χ4v) is 3.55. The van der Waals surface area contributed by atoms with Crippen molar-refractivity contribution in [2.24, 2.45) is 0 Å². The van der Waals surface area contributed by atoms with Crippen LogP contribution in [0.3, 0.4) is 0 Å². The number of hydrogen-bond acceptors (Lipinski definition) is 0. The van der Waals surface area contributed by atoms with E-state index >= 15 is 0 Å². The average molecular weight is 367 g/mol. The largest absolute Gasteiger partial charge is 0.305 e. The first-order valence-electron chi connectivity index (χ1n) is 12.0. The molecule has 0 rings (SSSR count). The summed E-state index contributed by atoms with van der Waals surface area (Å²) >= 11 is 0. The van der Waals surface area contributed by atoms with Gasteiger partial charge in [-0.15, -0.1) is 0 Å². The van der Waals surface area contributed by atoms with Gasteiger partial charge in [-0.1, -0.05) is 116 Å². The number of rotatable bonds is 20. The summed E-state index contributed by atoms with van der Waals surface area (Å²) in [6.07, 6.45) is 32.1. The molecule has 0 heterocycles. The first kappa shape index (κ1) is 25.7. The maximum absolute atomic E-state index is 2.35. The molecular formula is C25H52N+. The Bertz CT molecular complexity index is 287. The van der Waals surface area contributed by atoms with E-state index in [-0.39, 0.29) is 0 Å². The van der Waals surface area contributed by atoms with Gasteiger partial charge < -0.3 is 4.48 Å². The zero-order chi connectivity index (χ0) is 19.3. The Morgan fingerprint density at radius 2 is 0.769 bits per heavy atom. The number of allylic oxidation sites excluding steroid dienone is 1. The van der Waals surface area contributed by atoms with E-state index in [0.717, 1.165) is 4.48 Å². The summed E-state index contributed by atoms with van der Waals surface area (Å²) in [5.41, 5.74) is 0. The second-order valence-corrected chi connectivity index (χ2v) is 9.30. The van der Waals surface area contributed by atoms with Crippen molar-refractivity contribution in [3.8, 4) is 0 Å². The Morgan fingerprint density at radius 3 is 1.08 bits per heavy atom. The second-order valence-electron chi connectivity index (χ2n) is 9.30. The van der Waals surface area contributed by atoms with Gasteiger partial charge in [-0.05, 0) is 18.9 Å². The van der Waals surface area contributed by atoms with E-state index in [4.69, 9.17) is 0 Å². The number of unbranched alkanes of at least 4 members (excludes halogenated alkanes) is 18. The minimum Gasteiger partial charge on any atom is -0.305 e. The van der Waals surface area contributed by atoms with E-state index in [2.05, 4.69) is 40.3 Å². The molecule has 0 aliphatic carbocycles. The van der Waals surface area contributed by atoms with Gasteiger partial charge in [-0.2, -0.15) is 0 Å². The fourth-order valence-electron chi connectivity index (χ4n) is 3.55. The van der Waals surface area contributed by atoms with Gasteiger partial charge in [-0.25, -0.2) is 0 Å². The lowest BCUT2D eigenvalue weighted by Crippen LogP contribution is -2.26. The van der Waals surface area contributed by atoms with Crippen molar-refractivity contribution in [2.75, 3.05) is 21.1 Å². The van der Waals surface area contributed by atoms with Crippen LogP contribution in [0.2, 0.25) is 0 Å². The average Bonchev–Trinajstić information content (AvgIpc) is 2.59. The van der Waals surface area contributed by atoms with Crippen LogP contribution in [0, 0.1) is 0 Å². The molecule has 0 bridgehead atoms. The van der Waals surface area contributed by atoms with E-state index < -0.39 is 0 Å². The summed E-state index contributed by atoms with van der Waals surface area (Å²) < 4.78 is 0.943. The van der Waals surface area contributed by atoms with Crippen LogP contribution in [0.5, 0.6) is 0 Å². The third kappa shape index (κ3) is 23.7. The molecule has 0 amide bonds. The van der Waals surface area contributed by atoms with E-state index in [1.807, 2.05) is 0 Å². The van der Waals surface area contributed by atoms with Crippen LogP contribution < -0.4 is 0 Å². The molecule has 0 aromatic rings. The van der Waals surface area contributed by atoms with Crippen LogP contribution in [-0.2, 0) is 0 Å². The topological polar surface area (TPSA) is 0 Å². The van der Waals surface area contributed by atoms with Crippen molar-refractivity contribution in [2.45, 2.75) is 129 Å². The van der Waals surface area contributed by atoms with Crippen molar-refractivity contribution in [1.29, 1.82) is 0 Å². The molecule has 26 heavy (non-hydrogen) atoms. The molecular weight excluding hydrogens is 314 g/mol. The van der Waals surface area contributed by atoms with Gasteiger partial charge in [0.05, 0.1) is 27.3 Å². The number of quaternary nitrogens is 1. The lowest BCUT2D eigenvalue weighted by molar-refractivity contribution is -0.817.